The summed E-state index contributed by atoms with van der Waals surface area (Å²) in [6, 6.07) is 0. The zero-order valence-corrected chi connectivity index (χ0v) is 11.7. The molecule has 20 heavy (non-hydrogen) atoms. The summed E-state index contributed by atoms with van der Waals surface area (Å²) < 4.78 is 8.87. The molecule has 0 aromatic carbocycles. The fourth-order valence-corrected chi connectivity index (χ4v) is 1.47. The molecule has 0 saturated heterocycles. The van der Waals surface area contributed by atoms with Crippen LogP contribution in [0.25, 0.3) is 0 Å². The van der Waals surface area contributed by atoms with Crippen molar-refractivity contribution >= 4 is 23.8 Å². The van der Waals surface area contributed by atoms with Gasteiger partial charge in [-0.25, -0.2) is 0 Å². The van der Waals surface area contributed by atoms with Crippen molar-refractivity contribution in [2.24, 2.45) is 5.92 Å². The molecule has 0 heterocycles. The first kappa shape index (κ1) is 17.9. The van der Waals surface area contributed by atoms with Crippen molar-refractivity contribution in [2.45, 2.75) is 19.8 Å². The van der Waals surface area contributed by atoms with E-state index in [2.05, 4.69) is 9.47 Å². The van der Waals surface area contributed by atoms with Crippen molar-refractivity contribution in [2.75, 3.05) is 27.3 Å². The maximum Gasteiger partial charge on any atom is 0.325 e. The van der Waals surface area contributed by atoms with E-state index in [0.29, 0.717) is 0 Å². The lowest BCUT2D eigenvalue weighted by Crippen LogP contribution is -2.40. The van der Waals surface area contributed by atoms with Gasteiger partial charge in [-0.15, -0.1) is 0 Å². The lowest BCUT2D eigenvalue weighted by atomic mass is 10.0. The normalized spacial score (nSPS) is 11.3. The topological polar surface area (TPSA) is 110 Å². The number of methoxy groups -OCH3 is 2. The number of carbonyl (C=O) groups is 4. The summed E-state index contributed by atoms with van der Waals surface area (Å²) in [7, 11) is 2.33. The predicted molar refractivity (Wildman–Crippen MR) is 66.6 cm³/mol. The monoisotopic (exact) mass is 289 g/mol. The Hall–Kier alpha value is -2.12. The van der Waals surface area contributed by atoms with E-state index in [1.165, 1.54) is 0 Å². The van der Waals surface area contributed by atoms with Gasteiger partial charge in [-0.3, -0.25) is 19.2 Å². The largest absolute Gasteiger partial charge is 0.481 e. The van der Waals surface area contributed by atoms with Crippen LogP contribution in [0.3, 0.4) is 0 Å². The summed E-state index contributed by atoms with van der Waals surface area (Å²) in [4.78, 5) is 45.9. The van der Waals surface area contributed by atoms with Gasteiger partial charge in [-0.05, 0) is 5.92 Å². The molecule has 0 rings (SSSR count). The zero-order chi connectivity index (χ0) is 15.7. The lowest BCUT2D eigenvalue weighted by Gasteiger charge is -2.21. The third-order valence-corrected chi connectivity index (χ3v) is 2.49. The first-order valence-corrected chi connectivity index (χ1v) is 5.93. The Morgan fingerprint density at radius 3 is 1.80 bits per heavy atom. The quantitative estimate of drug-likeness (QED) is 0.609. The number of ether oxygens (including phenoxy) is 2. The third-order valence-electron chi connectivity index (χ3n) is 2.49. The molecule has 1 N–H and O–H groups in total. The Balaban J connectivity index is 4.65. The van der Waals surface area contributed by atoms with Crippen LogP contribution in [0.1, 0.15) is 19.8 Å². The Labute approximate surface area is 116 Å². The van der Waals surface area contributed by atoms with E-state index in [1.807, 2.05) is 0 Å². The van der Waals surface area contributed by atoms with Gasteiger partial charge < -0.3 is 19.5 Å². The summed E-state index contributed by atoms with van der Waals surface area (Å²) in [6.45, 7) is 0.828. The van der Waals surface area contributed by atoms with Gasteiger partial charge in [0.15, 0.2) is 0 Å². The van der Waals surface area contributed by atoms with Gasteiger partial charge in [0.2, 0.25) is 5.91 Å². The van der Waals surface area contributed by atoms with Crippen LogP contribution in [-0.4, -0.2) is 61.1 Å². The van der Waals surface area contributed by atoms with Gasteiger partial charge in [-0.2, -0.15) is 0 Å². The fraction of sp³-hybridized carbons (Fsp3) is 0.667. The molecule has 114 valence electrons. The van der Waals surface area contributed by atoms with E-state index in [4.69, 9.17) is 5.11 Å². The molecule has 0 radical (unpaired) electrons. The van der Waals surface area contributed by atoms with Gasteiger partial charge in [0.1, 0.15) is 13.1 Å². The van der Waals surface area contributed by atoms with E-state index < -0.39 is 29.7 Å². The van der Waals surface area contributed by atoms with E-state index in [9.17, 15) is 19.2 Å². The average Bonchev–Trinajstić information content (AvgIpc) is 2.36. The number of carboxylic acid groups (broad SMARTS) is 1. The van der Waals surface area contributed by atoms with Crippen LogP contribution in [0.2, 0.25) is 0 Å². The molecule has 0 spiro atoms. The van der Waals surface area contributed by atoms with Crippen LogP contribution in [0, 0.1) is 5.92 Å². The predicted octanol–water partition coefficient (Wildman–Crippen LogP) is -0.338. The molecule has 0 aromatic heterocycles. The maximum atomic E-state index is 12.0. The van der Waals surface area contributed by atoms with Gasteiger partial charge in [-0.1, -0.05) is 6.92 Å². The summed E-state index contributed by atoms with van der Waals surface area (Å²) in [5, 5.41) is 8.63. The first-order valence-electron chi connectivity index (χ1n) is 5.93. The van der Waals surface area contributed by atoms with Crippen molar-refractivity contribution in [3.8, 4) is 0 Å². The van der Waals surface area contributed by atoms with Crippen LogP contribution < -0.4 is 0 Å². The van der Waals surface area contributed by atoms with Crippen LogP contribution in [-0.2, 0) is 28.7 Å². The number of nitrogens with zero attached hydrogens (tertiary/aromatic N) is 1. The Bertz CT molecular complexity index is 362. The highest BCUT2D eigenvalue weighted by Gasteiger charge is 2.23. The number of rotatable bonds is 8. The third kappa shape index (κ3) is 7.34. The van der Waals surface area contributed by atoms with E-state index in [-0.39, 0.29) is 25.9 Å². The van der Waals surface area contributed by atoms with Crippen molar-refractivity contribution < 1.29 is 33.8 Å². The lowest BCUT2D eigenvalue weighted by molar-refractivity contribution is -0.152. The molecule has 1 atom stereocenters. The van der Waals surface area contributed by atoms with Crippen molar-refractivity contribution in [1.29, 1.82) is 0 Å². The molecule has 1 amide bonds. The number of aliphatic carboxylic acids is 1. The van der Waals surface area contributed by atoms with E-state index in [1.54, 1.807) is 6.92 Å². The maximum absolute atomic E-state index is 12.0. The minimum atomic E-state index is -1.02. The molecule has 0 aliphatic rings. The van der Waals surface area contributed by atoms with Gasteiger partial charge in [0.25, 0.3) is 0 Å². The van der Waals surface area contributed by atoms with Crippen molar-refractivity contribution in [3.63, 3.8) is 0 Å². The molecule has 0 aromatic rings. The van der Waals surface area contributed by atoms with Crippen LogP contribution in [0.15, 0.2) is 0 Å². The van der Waals surface area contributed by atoms with Crippen LogP contribution >= 0.6 is 0 Å². The minimum absolute atomic E-state index is 0.0830. The van der Waals surface area contributed by atoms with Crippen molar-refractivity contribution in [3.05, 3.63) is 0 Å². The fourth-order valence-electron chi connectivity index (χ4n) is 1.47. The molecule has 0 aliphatic carbocycles. The smallest absolute Gasteiger partial charge is 0.325 e. The highest BCUT2D eigenvalue weighted by atomic mass is 16.5. The number of carboxylic acids is 1. The number of amides is 1. The van der Waals surface area contributed by atoms with Crippen LogP contribution in [0.5, 0.6) is 0 Å². The van der Waals surface area contributed by atoms with E-state index in [0.717, 1.165) is 19.1 Å². The number of hydrogen-bond donors (Lipinski definition) is 1. The highest BCUT2D eigenvalue weighted by Crippen LogP contribution is 2.10. The molecule has 0 bridgehead atoms. The second-order valence-electron chi connectivity index (χ2n) is 4.31. The first-order chi connectivity index (χ1) is 9.29. The summed E-state index contributed by atoms with van der Waals surface area (Å²) in [5.41, 5.74) is 0. The molecule has 0 aliphatic heterocycles. The summed E-state index contributed by atoms with van der Waals surface area (Å²) in [6.07, 6.45) is -0.254. The second kappa shape index (κ2) is 8.89. The zero-order valence-electron chi connectivity index (χ0n) is 11.7. The highest BCUT2D eigenvalue weighted by molar-refractivity contribution is 5.86. The minimum Gasteiger partial charge on any atom is -0.481 e. The number of esters is 2. The average molecular weight is 289 g/mol. The summed E-state index contributed by atoms with van der Waals surface area (Å²) in [5.74, 6) is -3.27. The standard InChI is InChI=1S/C12H19NO7/c1-8(5-10(15)16)4-9(14)13(6-11(17)19-2)7-12(18)20-3/h8H,4-7H2,1-3H3,(H,15,16). The molecular weight excluding hydrogens is 270 g/mol. The number of carbonyl (C=O) groups excluding carboxylic acids is 3. The van der Waals surface area contributed by atoms with Gasteiger partial charge >= 0.3 is 17.9 Å². The molecule has 1 unspecified atom stereocenters. The van der Waals surface area contributed by atoms with E-state index >= 15 is 0 Å². The van der Waals surface area contributed by atoms with Crippen LogP contribution in [0.4, 0.5) is 0 Å². The second-order valence-corrected chi connectivity index (χ2v) is 4.31. The summed E-state index contributed by atoms with van der Waals surface area (Å²) >= 11 is 0. The molecule has 8 heteroatoms. The number of hydrogen-bond acceptors (Lipinski definition) is 6. The molecule has 8 nitrogen and oxygen atoms in total. The molecular formula is C12H19NO7. The van der Waals surface area contributed by atoms with Gasteiger partial charge in [0, 0.05) is 12.8 Å². The van der Waals surface area contributed by atoms with Gasteiger partial charge in [0.05, 0.1) is 14.2 Å². The molecule has 0 saturated carbocycles. The SMILES string of the molecule is COC(=O)CN(CC(=O)OC)C(=O)CC(C)CC(=O)O. The Morgan fingerprint density at radius 1 is 1.00 bits per heavy atom. The Morgan fingerprint density at radius 2 is 1.45 bits per heavy atom. The van der Waals surface area contributed by atoms with Crippen molar-refractivity contribution in [1.82, 2.24) is 4.90 Å². The molecule has 0 fully saturated rings. The Kier molecular flexibility index (Phi) is 7.95.